The van der Waals surface area contributed by atoms with Gasteiger partial charge in [-0.1, -0.05) is 13.8 Å². The molecule has 0 bridgehead atoms. The molecule has 3 amide bonds. The Morgan fingerprint density at radius 1 is 1.08 bits per heavy atom. The van der Waals surface area contributed by atoms with Crippen LogP contribution in [0.15, 0.2) is 0 Å². The van der Waals surface area contributed by atoms with Crippen LogP contribution < -0.4 is 21.7 Å². The highest BCUT2D eigenvalue weighted by Gasteiger charge is 2.25. The summed E-state index contributed by atoms with van der Waals surface area (Å²) in [7, 11) is 0. The lowest BCUT2D eigenvalue weighted by molar-refractivity contribution is -0.141. The highest BCUT2D eigenvalue weighted by Crippen LogP contribution is 2.02. The zero-order valence-electron chi connectivity index (χ0n) is 14.2. The van der Waals surface area contributed by atoms with Crippen LogP contribution in [-0.4, -0.2) is 70.9 Å². The van der Waals surface area contributed by atoms with E-state index >= 15 is 0 Å². The van der Waals surface area contributed by atoms with E-state index in [0.29, 0.717) is 6.42 Å². The van der Waals surface area contributed by atoms with Crippen LogP contribution >= 0.6 is 12.6 Å². The van der Waals surface area contributed by atoms with Crippen LogP contribution in [0.4, 0.5) is 0 Å². The summed E-state index contributed by atoms with van der Waals surface area (Å²) in [5.74, 6) is -3.34. The molecule has 0 heterocycles. The van der Waals surface area contributed by atoms with Crippen molar-refractivity contribution < 1.29 is 29.4 Å². The van der Waals surface area contributed by atoms with Gasteiger partial charge >= 0.3 is 5.97 Å². The smallest absolute Gasteiger partial charge is 0.327 e. The predicted octanol–water partition coefficient (Wildman–Crippen LogP) is -2.55. The van der Waals surface area contributed by atoms with Gasteiger partial charge in [0.15, 0.2) is 0 Å². The Bertz CT molecular complexity index is 488. The maximum absolute atomic E-state index is 11.9. The third-order valence-electron chi connectivity index (χ3n) is 3.12. The van der Waals surface area contributed by atoms with Gasteiger partial charge in [-0.05, 0) is 12.3 Å². The SMILES string of the molecule is CC(C)CC(N)C(=O)NCC(=O)NC(CO)C(=O)NC(CS)C(=O)O. The van der Waals surface area contributed by atoms with E-state index < -0.39 is 55.0 Å². The number of nitrogens with two attached hydrogens (primary N) is 1. The number of aliphatic hydroxyl groups excluding tert-OH is 1. The fourth-order valence-electron chi connectivity index (χ4n) is 1.81. The first-order valence-electron chi connectivity index (χ1n) is 7.69. The predicted molar refractivity (Wildman–Crippen MR) is 92.9 cm³/mol. The number of thiol groups is 1. The largest absolute Gasteiger partial charge is 0.480 e. The average Bonchev–Trinajstić information content (AvgIpc) is 2.53. The van der Waals surface area contributed by atoms with E-state index in [2.05, 4.69) is 28.6 Å². The highest BCUT2D eigenvalue weighted by atomic mass is 32.1. The monoisotopic (exact) mass is 378 g/mol. The molecular weight excluding hydrogens is 352 g/mol. The third kappa shape index (κ3) is 9.27. The van der Waals surface area contributed by atoms with E-state index in [-0.39, 0.29) is 11.7 Å². The van der Waals surface area contributed by atoms with Crippen molar-refractivity contribution >= 4 is 36.3 Å². The van der Waals surface area contributed by atoms with Gasteiger partial charge < -0.3 is 31.9 Å². The molecular formula is C14H26N4O6S. The molecule has 0 aliphatic rings. The minimum Gasteiger partial charge on any atom is -0.480 e. The lowest BCUT2D eigenvalue weighted by Gasteiger charge is -2.19. The molecule has 0 saturated carbocycles. The molecule has 10 nitrogen and oxygen atoms in total. The van der Waals surface area contributed by atoms with Gasteiger partial charge in [-0.15, -0.1) is 0 Å². The van der Waals surface area contributed by atoms with Gasteiger partial charge in [0.1, 0.15) is 12.1 Å². The number of carboxylic acid groups (broad SMARTS) is 1. The van der Waals surface area contributed by atoms with Crippen LogP contribution in [0.1, 0.15) is 20.3 Å². The van der Waals surface area contributed by atoms with Crippen molar-refractivity contribution in [2.75, 3.05) is 18.9 Å². The molecule has 0 aromatic heterocycles. The Balaban J connectivity index is 4.47. The van der Waals surface area contributed by atoms with Gasteiger partial charge in [-0.25, -0.2) is 4.79 Å². The summed E-state index contributed by atoms with van der Waals surface area (Å²) in [6.45, 7) is 2.64. The molecule has 0 aliphatic heterocycles. The number of rotatable bonds is 11. The number of nitrogens with one attached hydrogen (secondary N) is 3. The molecule has 7 N–H and O–H groups in total. The number of aliphatic carboxylic acids is 1. The molecule has 0 aromatic carbocycles. The number of aliphatic hydroxyl groups is 1. The van der Waals surface area contributed by atoms with Crippen molar-refractivity contribution in [3.63, 3.8) is 0 Å². The minimum absolute atomic E-state index is 0.156. The normalized spacial score (nSPS) is 14.3. The van der Waals surface area contributed by atoms with Crippen molar-refractivity contribution in [2.45, 2.75) is 38.4 Å². The summed E-state index contributed by atoms with van der Waals surface area (Å²) < 4.78 is 0. The van der Waals surface area contributed by atoms with Crippen molar-refractivity contribution in [3.05, 3.63) is 0 Å². The fraction of sp³-hybridized carbons (Fsp3) is 0.714. The summed E-state index contributed by atoms with van der Waals surface area (Å²) in [5.41, 5.74) is 5.67. The number of carboxylic acids is 1. The standard InChI is InChI=1S/C14H26N4O6S/c1-7(2)3-8(15)12(21)16-4-11(20)17-9(5-19)13(22)18-10(6-25)14(23)24/h7-10,19,25H,3-6,15H2,1-2H3,(H,16,21)(H,17,20)(H,18,22)(H,23,24). The van der Waals surface area contributed by atoms with E-state index in [9.17, 15) is 24.3 Å². The molecule has 11 heteroatoms. The van der Waals surface area contributed by atoms with Crippen molar-refractivity contribution in [1.82, 2.24) is 16.0 Å². The van der Waals surface area contributed by atoms with Crippen molar-refractivity contribution in [3.8, 4) is 0 Å². The van der Waals surface area contributed by atoms with Crippen LogP contribution in [-0.2, 0) is 19.2 Å². The van der Waals surface area contributed by atoms with Crippen molar-refractivity contribution in [1.29, 1.82) is 0 Å². The molecule has 0 rings (SSSR count). The molecule has 0 aromatic rings. The molecule has 3 atom stereocenters. The number of hydrogen-bond acceptors (Lipinski definition) is 7. The Morgan fingerprint density at radius 3 is 2.12 bits per heavy atom. The van der Waals surface area contributed by atoms with E-state index in [1.54, 1.807) is 0 Å². The number of carbonyl (C=O) groups is 4. The Kier molecular flexibility index (Phi) is 10.8. The lowest BCUT2D eigenvalue weighted by atomic mass is 10.0. The average molecular weight is 378 g/mol. The van der Waals surface area contributed by atoms with Gasteiger partial charge in [0.05, 0.1) is 19.2 Å². The molecule has 3 unspecified atom stereocenters. The molecule has 0 radical (unpaired) electrons. The van der Waals surface area contributed by atoms with E-state index in [4.69, 9.17) is 10.8 Å². The lowest BCUT2D eigenvalue weighted by Crippen LogP contribution is -2.55. The summed E-state index contributed by atoms with van der Waals surface area (Å²) in [4.78, 5) is 46.2. The van der Waals surface area contributed by atoms with Crippen LogP contribution in [0.5, 0.6) is 0 Å². The zero-order valence-corrected chi connectivity index (χ0v) is 15.1. The second-order valence-corrected chi connectivity index (χ2v) is 6.20. The molecule has 144 valence electrons. The number of amides is 3. The van der Waals surface area contributed by atoms with Crippen LogP contribution in [0.25, 0.3) is 0 Å². The Morgan fingerprint density at radius 2 is 1.68 bits per heavy atom. The van der Waals surface area contributed by atoms with Gasteiger partial charge in [-0.2, -0.15) is 12.6 Å². The molecule has 0 aliphatic carbocycles. The first kappa shape index (κ1) is 23.1. The topological polar surface area (TPSA) is 171 Å². The maximum atomic E-state index is 11.9. The second kappa shape index (κ2) is 11.7. The molecule has 25 heavy (non-hydrogen) atoms. The van der Waals surface area contributed by atoms with Gasteiger partial charge in [0.25, 0.3) is 0 Å². The number of hydrogen-bond donors (Lipinski definition) is 7. The second-order valence-electron chi connectivity index (χ2n) is 5.84. The van der Waals surface area contributed by atoms with Crippen LogP contribution in [0.3, 0.4) is 0 Å². The summed E-state index contributed by atoms with van der Waals surface area (Å²) in [6.07, 6.45) is 0.454. The summed E-state index contributed by atoms with van der Waals surface area (Å²) in [6, 6.07) is -3.36. The molecule has 0 spiro atoms. The molecule has 0 fully saturated rings. The zero-order chi connectivity index (χ0) is 19.6. The first-order chi connectivity index (χ1) is 11.6. The minimum atomic E-state index is -1.35. The third-order valence-corrected chi connectivity index (χ3v) is 3.48. The van der Waals surface area contributed by atoms with Crippen LogP contribution in [0, 0.1) is 5.92 Å². The quantitative estimate of drug-likeness (QED) is 0.194. The van der Waals surface area contributed by atoms with Gasteiger partial charge in [-0.3, -0.25) is 14.4 Å². The Hall–Kier alpha value is -1.85. The first-order valence-corrected chi connectivity index (χ1v) is 8.33. The highest BCUT2D eigenvalue weighted by molar-refractivity contribution is 7.80. The summed E-state index contributed by atoms with van der Waals surface area (Å²) >= 11 is 3.79. The van der Waals surface area contributed by atoms with E-state index in [0.717, 1.165) is 0 Å². The van der Waals surface area contributed by atoms with E-state index in [1.165, 1.54) is 0 Å². The van der Waals surface area contributed by atoms with Gasteiger partial charge in [0, 0.05) is 5.75 Å². The Labute approximate surface area is 151 Å². The van der Waals surface area contributed by atoms with Crippen molar-refractivity contribution in [2.24, 2.45) is 11.7 Å². The fourth-order valence-corrected chi connectivity index (χ4v) is 2.06. The van der Waals surface area contributed by atoms with Gasteiger partial charge in [0.2, 0.25) is 17.7 Å². The van der Waals surface area contributed by atoms with Crippen LogP contribution in [0.2, 0.25) is 0 Å². The van der Waals surface area contributed by atoms with E-state index in [1.807, 2.05) is 13.8 Å². The maximum Gasteiger partial charge on any atom is 0.327 e. The number of carbonyl (C=O) groups excluding carboxylic acids is 3. The molecule has 0 saturated heterocycles. The summed E-state index contributed by atoms with van der Waals surface area (Å²) in [5, 5.41) is 24.7.